The molecule has 2 unspecified atom stereocenters. The van der Waals surface area contributed by atoms with Crippen LogP contribution in [-0.2, 0) is 11.3 Å². The molecule has 3 heterocycles. The number of ether oxygens (including phenoxy) is 1. The number of fused-ring (bicyclic) bond motifs is 2. The number of rotatable bonds is 3. The quantitative estimate of drug-likeness (QED) is 0.810. The zero-order valence-corrected chi connectivity index (χ0v) is 15.7. The number of carbonyl (C=O) groups is 2. The van der Waals surface area contributed by atoms with E-state index in [2.05, 4.69) is 5.32 Å². The van der Waals surface area contributed by atoms with E-state index in [4.69, 9.17) is 4.74 Å². The van der Waals surface area contributed by atoms with Gasteiger partial charge in [0.2, 0.25) is 5.43 Å². The second kappa shape index (κ2) is 7.32. The molecule has 0 spiro atoms. The van der Waals surface area contributed by atoms with Gasteiger partial charge in [-0.2, -0.15) is 0 Å². The average Bonchev–Trinajstić information content (AvgIpc) is 2.73. The van der Waals surface area contributed by atoms with Crippen LogP contribution < -0.4 is 10.7 Å². The van der Waals surface area contributed by atoms with Crippen molar-refractivity contribution in [3.8, 4) is 5.75 Å². The number of aromatic hydroxyl groups is 1. The first-order valence-corrected chi connectivity index (χ1v) is 9.32. The van der Waals surface area contributed by atoms with Crippen LogP contribution in [-0.4, -0.2) is 45.8 Å². The minimum absolute atomic E-state index is 0.0784. The highest BCUT2D eigenvalue weighted by Gasteiger charge is 2.42. The zero-order valence-electron chi connectivity index (χ0n) is 15.7. The van der Waals surface area contributed by atoms with Gasteiger partial charge in [0.1, 0.15) is 11.4 Å². The standard InChI is InChI=1S/C20H20FN3O5/c1-11-20-23(7-2-8-29-20)19(28)15-17(26)16(25)14(10-24(11)15)18(27)22-9-12-3-5-13(21)6-4-12/h3-6,10-11,20,26H,2,7-9H2,1H3,(H,22,27). The molecule has 9 heteroatoms. The summed E-state index contributed by atoms with van der Waals surface area (Å²) in [5.74, 6) is -2.34. The number of hydrogen-bond acceptors (Lipinski definition) is 5. The Morgan fingerprint density at radius 1 is 1.31 bits per heavy atom. The highest BCUT2D eigenvalue weighted by molar-refractivity contribution is 5.99. The number of pyridine rings is 1. The monoisotopic (exact) mass is 401 g/mol. The Morgan fingerprint density at radius 2 is 2.03 bits per heavy atom. The molecule has 1 aromatic carbocycles. The summed E-state index contributed by atoms with van der Waals surface area (Å²) in [5.41, 5.74) is -0.682. The van der Waals surface area contributed by atoms with E-state index < -0.39 is 41.1 Å². The molecule has 0 radical (unpaired) electrons. The van der Waals surface area contributed by atoms with E-state index in [1.54, 1.807) is 6.92 Å². The summed E-state index contributed by atoms with van der Waals surface area (Å²) in [7, 11) is 0. The van der Waals surface area contributed by atoms with E-state index in [1.807, 2.05) is 0 Å². The topological polar surface area (TPSA) is 101 Å². The molecule has 2 atom stereocenters. The fraction of sp³-hybridized carbons (Fsp3) is 0.350. The first-order valence-electron chi connectivity index (χ1n) is 9.32. The first kappa shape index (κ1) is 19.1. The van der Waals surface area contributed by atoms with Gasteiger partial charge in [-0.1, -0.05) is 12.1 Å². The highest BCUT2D eigenvalue weighted by Crippen LogP contribution is 2.33. The third-order valence-electron chi connectivity index (χ3n) is 5.28. The van der Waals surface area contributed by atoms with Gasteiger partial charge < -0.3 is 24.6 Å². The van der Waals surface area contributed by atoms with Gasteiger partial charge >= 0.3 is 0 Å². The van der Waals surface area contributed by atoms with Crippen molar-refractivity contribution in [2.24, 2.45) is 0 Å². The SMILES string of the molecule is CC1C2OCCCN2C(=O)c2c(O)c(=O)c(C(=O)NCc3ccc(F)cc3)cn21. The fourth-order valence-electron chi connectivity index (χ4n) is 3.74. The lowest BCUT2D eigenvalue weighted by atomic mass is 10.1. The maximum absolute atomic E-state index is 13.0. The number of hydrogen-bond donors (Lipinski definition) is 2. The van der Waals surface area contributed by atoms with Crippen LogP contribution in [0.25, 0.3) is 0 Å². The lowest BCUT2D eigenvalue weighted by molar-refractivity contribution is -0.108. The van der Waals surface area contributed by atoms with E-state index in [9.17, 15) is 23.9 Å². The zero-order chi connectivity index (χ0) is 20.7. The Labute approximate surface area is 165 Å². The van der Waals surface area contributed by atoms with E-state index in [0.29, 0.717) is 25.1 Å². The lowest BCUT2D eigenvalue weighted by Gasteiger charge is -2.44. The summed E-state index contributed by atoms with van der Waals surface area (Å²) in [6.07, 6.45) is 1.43. The van der Waals surface area contributed by atoms with Crippen LogP contribution in [0.1, 0.15) is 45.8 Å². The van der Waals surface area contributed by atoms with E-state index in [-0.39, 0.29) is 17.8 Å². The van der Waals surface area contributed by atoms with Crippen molar-refractivity contribution in [2.45, 2.75) is 32.2 Å². The number of halogens is 1. The molecule has 29 heavy (non-hydrogen) atoms. The summed E-state index contributed by atoms with van der Waals surface area (Å²) in [4.78, 5) is 39.4. The lowest BCUT2D eigenvalue weighted by Crippen LogP contribution is -2.55. The minimum Gasteiger partial charge on any atom is -0.503 e. The number of nitrogens with zero attached hydrogens (tertiary/aromatic N) is 2. The summed E-state index contributed by atoms with van der Waals surface area (Å²) in [6.45, 7) is 2.85. The van der Waals surface area contributed by atoms with Gasteiger partial charge in [-0.3, -0.25) is 14.4 Å². The Bertz CT molecular complexity index is 1030. The predicted octanol–water partition coefficient (Wildman–Crippen LogP) is 1.39. The largest absolute Gasteiger partial charge is 0.503 e. The number of aromatic nitrogens is 1. The Hall–Kier alpha value is -3.20. The van der Waals surface area contributed by atoms with E-state index in [1.165, 1.54) is 39.9 Å². The fourth-order valence-corrected chi connectivity index (χ4v) is 3.74. The molecule has 2 aromatic rings. The van der Waals surface area contributed by atoms with Crippen molar-refractivity contribution in [1.82, 2.24) is 14.8 Å². The van der Waals surface area contributed by atoms with Crippen LogP contribution in [0.15, 0.2) is 35.3 Å². The van der Waals surface area contributed by atoms with E-state index in [0.717, 1.165) is 0 Å². The van der Waals surface area contributed by atoms with E-state index >= 15 is 0 Å². The Kier molecular flexibility index (Phi) is 4.83. The van der Waals surface area contributed by atoms with Crippen molar-refractivity contribution < 1.29 is 23.8 Å². The Balaban J connectivity index is 1.66. The number of amides is 2. The second-order valence-corrected chi connectivity index (χ2v) is 7.14. The molecule has 2 N–H and O–H groups in total. The van der Waals surface area contributed by atoms with Gasteiger partial charge in [-0.25, -0.2) is 4.39 Å². The average molecular weight is 401 g/mol. The van der Waals surface area contributed by atoms with Gasteiger partial charge in [-0.15, -0.1) is 0 Å². The van der Waals surface area contributed by atoms with Crippen molar-refractivity contribution >= 4 is 11.8 Å². The smallest absolute Gasteiger partial charge is 0.276 e. The van der Waals surface area contributed by atoms with Gasteiger partial charge in [0.15, 0.2) is 17.7 Å². The molecule has 152 valence electrons. The number of benzene rings is 1. The normalized spacial score (nSPS) is 20.8. The molecule has 2 amide bonds. The van der Waals surface area contributed by atoms with Gasteiger partial charge in [0.25, 0.3) is 11.8 Å². The molecular formula is C20H20FN3O5. The van der Waals surface area contributed by atoms with Crippen molar-refractivity contribution in [3.05, 3.63) is 63.3 Å². The number of carbonyl (C=O) groups excluding carboxylic acids is 2. The van der Waals surface area contributed by atoms with Crippen LogP contribution in [0.5, 0.6) is 5.75 Å². The molecule has 0 saturated carbocycles. The molecule has 0 bridgehead atoms. The molecule has 0 aliphatic carbocycles. The van der Waals surface area contributed by atoms with Crippen LogP contribution in [0, 0.1) is 5.82 Å². The molecule has 1 saturated heterocycles. The molecule has 2 aliphatic rings. The molecule has 1 aromatic heterocycles. The maximum atomic E-state index is 13.0. The molecule has 4 rings (SSSR count). The first-order chi connectivity index (χ1) is 13.9. The summed E-state index contributed by atoms with van der Waals surface area (Å²) >= 11 is 0. The van der Waals surface area contributed by atoms with Crippen LogP contribution in [0.2, 0.25) is 0 Å². The molecule has 1 fully saturated rings. The molecule has 8 nitrogen and oxygen atoms in total. The third kappa shape index (κ3) is 3.27. The van der Waals surface area contributed by atoms with Crippen LogP contribution in [0.3, 0.4) is 0 Å². The van der Waals surface area contributed by atoms with Gasteiger partial charge in [0.05, 0.1) is 12.6 Å². The number of nitrogens with one attached hydrogen (secondary N) is 1. The second-order valence-electron chi connectivity index (χ2n) is 7.14. The Morgan fingerprint density at radius 3 is 2.76 bits per heavy atom. The van der Waals surface area contributed by atoms with Crippen LogP contribution in [0.4, 0.5) is 4.39 Å². The van der Waals surface area contributed by atoms with Crippen molar-refractivity contribution in [1.29, 1.82) is 0 Å². The van der Waals surface area contributed by atoms with Gasteiger partial charge in [0, 0.05) is 19.3 Å². The summed E-state index contributed by atoms with van der Waals surface area (Å²) in [5, 5.41) is 13.0. The van der Waals surface area contributed by atoms with Crippen LogP contribution >= 0.6 is 0 Å². The summed E-state index contributed by atoms with van der Waals surface area (Å²) in [6, 6.07) is 5.18. The van der Waals surface area contributed by atoms with Gasteiger partial charge in [-0.05, 0) is 31.0 Å². The maximum Gasteiger partial charge on any atom is 0.276 e. The summed E-state index contributed by atoms with van der Waals surface area (Å²) < 4.78 is 20.1. The molecule has 2 aliphatic heterocycles. The minimum atomic E-state index is -0.912. The highest BCUT2D eigenvalue weighted by atomic mass is 19.1. The van der Waals surface area contributed by atoms with Crippen molar-refractivity contribution in [2.75, 3.05) is 13.2 Å². The third-order valence-corrected chi connectivity index (χ3v) is 5.28. The molecular weight excluding hydrogens is 381 g/mol. The predicted molar refractivity (Wildman–Crippen MR) is 100 cm³/mol. The van der Waals surface area contributed by atoms with Crippen molar-refractivity contribution in [3.63, 3.8) is 0 Å².